The Kier molecular flexibility index (Phi) is 5.51. The van der Waals surface area contributed by atoms with E-state index in [1.807, 2.05) is 36.4 Å². The highest BCUT2D eigenvalue weighted by molar-refractivity contribution is 7.97. The van der Waals surface area contributed by atoms with Gasteiger partial charge in [-0.05, 0) is 17.7 Å². The highest BCUT2D eigenvalue weighted by Crippen LogP contribution is 2.49. The Morgan fingerprint density at radius 3 is 2.24 bits per heavy atom. The predicted octanol–water partition coefficient (Wildman–Crippen LogP) is 3.98. The van der Waals surface area contributed by atoms with E-state index in [-0.39, 0.29) is 11.3 Å². The van der Waals surface area contributed by atoms with Crippen LogP contribution in [0.25, 0.3) is 0 Å². The second-order valence-electron chi connectivity index (χ2n) is 4.22. The fourth-order valence-corrected chi connectivity index (χ4v) is 3.13. The summed E-state index contributed by atoms with van der Waals surface area (Å²) >= 11 is 5.08. The highest BCUT2D eigenvalue weighted by Gasteiger charge is 2.32. The molecule has 0 saturated carbocycles. The molecule has 0 amide bonds. The predicted molar refractivity (Wildman–Crippen MR) is 87.6 cm³/mol. The molecule has 0 bridgehead atoms. The maximum absolute atomic E-state index is 12.8. The van der Waals surface area contributed by atoms with E-state index in [1.165, 1.54) is 0 Å². The van der Waals surface area contributed by atoms with Gasteiger partial charge in [0.25, 0.3) is 0 Å². The van der Waals surface area contributed by atoms with E-state index in [0.29, 0.717) is 5.75 Å². The lowest BCUT2D eigenvalue weighted by Gasteiger charge is -2.19. The van der Waals surface area contributed by atoms with Gasteiger partial charge in [0.2, 0.25) is 4.73 Å². The van der Waals surface area contributed by atoms with Crippen molar-refractivity contribution >= 4 is 24.5 Å². The maximum Gasteiger partial charge on any atom is 0.437 e. The second-order valence-corrected chi connectivity index (χ2v) is 6.81. The van der Waals surface area contributed by atoms with Crippen LogP contribution in [0.15, 0.2) is 60.7 Å². The third-order valence-corrected chi connectivity index (χ3v) is 5.19. The highest BCUT2D eigenvalue weighted by atomic mass is 32.1. The molecule has 2 aromatic carbocycles. The van der Waals surface area contributed by atoms with Gasteiger partial charge in [-0.1, -0.05) is 60.7 Å². The fraction of sp³-hybridized carbons (Fsp3) is 0.133. The van der Waals surface area contributed by atoms with Crippen molar-refractivity contribution in [3.63, 3.8) is 0 Å². The molecule has 0 heterocycles. The van der Waals surface area contributed by atoms with E-state index in [0.717, 1.165) is 5.56 Å². The van der Waals surface area contributed by atoms with Crippen LogP contribution in [-0.2, 0) is 15.7 Å². The molecular formula is C15H16NO3PS. The summed E-state index contributed by atoms with van der Waals surface area (Å²) in [6.45, 7) is 0.159. The van der Waals surface area contributed by atoms with Gasteiger partial charge in [-0.25, -0.2) is 4.57 Å². The Labute approximate surface area is 129 Å². The first-order chi connectivity index (χ1) is 10.1. The summed E-state index contributed by atoms with van der Waals surface area (Å²) in [4.78, 5) is 0. The molecule has 0 radical (unpaired) electrons. The van der Waals surface area contributed by atoms with Gasteiger partial charge in [0.05, 0.1) is 6.61 Å². The quantitative estimate of drug-likeness (QED) is 0.644. The zero-order chi connectivity index (χ0) is 15.1. The molecule has 2 aromatic rings. The first kappa shape index (κ1) is 15.7. The van der Waals surface area contributed by atoms with Crippen molar-refractivity contribution in [1.82, 2.24) is 5.32 Å². The standard InChI is InChI=1S/C15H16NO3PS/c1-16-15(21)20(17,19-14-10-6-3-7-11-14)18-12-13-8-4-2-5-9-13/h2-11H,12H2,1H3,(H,16,21). The van der Waals surface area contributed by atoms with Crippen LogP contribution in [0.3, 0.4) is 0 Å². The SMILES string of the molecule is CNC(=S)P(=O)(OCc1ccccc1)Oc1ccccc1. The maximum atomic E-state index is 12.8. The van der Waals surface area contributed by atoms with E-state index >= 15 is 0 Å². The number of rotatable bonds is 6. The monoisotopic (exact) mass is 321 g/mol. The normalized spacial score (nSPS) is 13.2. The summed E-state index contributed by atoms with van der Waals surface area (Å²) in [5.74, 6) is 0.450. The molecule has 1 N–H and O–H groups in total. The van der Waals surface area contributed by atoms with Crippen LogP contribution in [0.2, 0.25) is 0 Å². The molecule has 0 aliphatic rings. The third kappa shape index (κ3) is 4.39. The van der Waals surface area contributed by atoms with Crippen molar-refractivity contribution in [3.8, 4) is 5.75 Å². The molecule has 0 fully saturated rings. The summed E-state index contributed by atoms with van der Waals surface area (Å²) in [5.41, 5.74) is 0.897. The molecule has 0 aliphatic carbocycles. The van der Waals surface area contributed by atoms with Gasteiger partial charge in [-0.15, -0.1) is 0 Å². The zero-order valence-corrected chi connectivity index (χ0v) is 13.3. The summed E-state index contributed by atoms with van der Waals surface area (Å²) in [6, 6.07) is 18.3. The Hall–Kier alpha value is -1.68. The van der Waals surface area contributed by atoms with E-state index in [1.54, 1.807) is 31.3 Å². The van der Waals surface area contributed by atoms with Gasteiger partial charge in [-0.3, -0.25) is 4.52 Å². The van der Waals surface area contributed by atoms with Crippen molar-refractivity contribution in [1.29, 1.82) is 0 Å². The molecule has 0 saturated heterocycles. The molecule has 0 aromatic heterocycles. The Balaban J connectivity index is 2.14. The Bertz CT molecular complexity index is 634. The van der Waals surface area contributed by atoms with Crippen LogP contribution in [0.5, 0.6) is 5.75 Å². The van der Waals surface area contributed by atoms with Crippen LogP contribution in [0.1, 0.15) is 5.56 Å². The van der Waals surface area contributed by atoms with Crippen LogP contribution >= 0.6 is 19.8 Å². The van der Waals surface area contributed by atoms with Gasteiger partial charge in [-0.2, -0.15) is 0 Å². The molecule has 1 unspecified atom stereocenters. The van der Waals surface area contributed by atoms with Crippen molar-refractivity contribution in [2.45, 2.75) is 6.61 Å². The number of para-hydroxylation sites is 1. The first-order valence-electron chi connectivity index (χ1n) is 6.39. The molecule has 21 heavy (non-hydrogen) atoms. The lowest BCUT2D eigenvalue weighted by Crippen LogP contribution is -2.20. The van der Waals surface area contributed by atoms with Crippen molar-refractivity contribution < 1.29 is 13.6 Å². The Morgan fingerprint density at radius 1 is 1.10 bits per heavy atom. The van der Waals surface area contributed by atoms with E-state index in [4.69, 9.17) is 21.3 Å². The number of hydrogen-bond donors (Lipinski definition) is 1. The number of thiocarbonyl (C=S) groups is 1. The molecule has 0 aliphatic heterocycles. The number of nitrogens with one attached hydrogen (secondary N) is 1. The van der Waals surface area contributed by atoms with Crippen LogP contribution in [0, 0.1) is 0 Å². The van der Waals surface area contributed by atoms with Crippen LogP contribution < -0.4 is 9.84 Å². The van der Waals surface area contributed by atoms with Gasteiger partial charge in [0, 0.05) is 7.05 Å². The molecular weight excluding hydrogens is 305 g/mol. The van der Waals surface area contributed by atoms with Crippen molar-refractivity contribution in [2.75, 3.05) is 7.05 Å². The average Bonchev–Trinajstić information content (AvgIpc) is 2.54. The largest absolute Gasteiger partial charge is 0.437 e. The van der Waals surface area contributed by atoms with Gasteiger partial charge < -0.3 is 9.84 Å². The molecule has 0 spiro atoms. The minimum atomic E-state index is -3.58. The van der Waals surface area contributed by atoms with Crippen LogP contribution in [-0.4, -0.2) is 11.8 Å². The molecule has 6 heteroatoms. The van der Waals surface area contributed by atoms with Crippen molar-refractivity contribution in [3.05, 3.63) is 66.2 Å². The summed E-state index contributed by atoms with van der Waals surface area (Å²) < 4.78 is 23.9. The van der Waals surface area contributed by atoms with Gasteiger partial charge in [0.1, 0.15) is 5.75 Å². The Morgan fingerprint density at radius 2 is 1.67 bits per heavy atom. The minimum Gasteiger partial charge on any atom is -0.420 e. The number of hydrogen-bond acceptors (Lipinski definition) is 4. The lowest BCUT2D eigenvalue weighted by molar-refractivity contribution is 0.267. The molecule has 2 rings (SSSR count). The van der Waals surface area contributed by atoms with Gasteiger partial charge >= 0.3 is 7.60 Å². The molecule has 1 atom stereocenters. The third-order valence-electron chi connectivity index (χ3n) is 2.68. The van der Waals surface area contributed by atoms with E-state index in [9.17, 15) is 4.57 Å². The second kappa shape index (κ2) is 7.36. The van der Waals surface area contributed by atoms with Crippen molar-refractivity contribution in [2.24, 2.45) is 0 Å². The zero-order valence-electron chi connectivity index (χ0n) is 11.6. The van der Waals surface area contributed by atoms with E-state index in [2.05, 4.69) is 5.32 Å². The summed E-state index contributed by atoms with van der Waals surface area (Å²) in [6.07, 6.45) is 0. The molecule has 4 nitrogen and oxygen atoms in total. The topological polar surface area (TPSA) is 47.6 Å². The van der Waals surface area contributed by atoms with Crippen LogP contribution in [0.4, 0.5) is 0 Å². The molecule has 110 valence electrons. The minimum absolute atomic E-state index is 0.0577. The average molecular weight is 321 g/mol. The fourth-order valence-electron chi connectivity index (χ4n) is 1.62. The smallest absolute Gasteiger partial charge is 0.420 e. The number of benzene rings is 2. The van der Waals surface area contributed by atoms with Gasteiger partial charge in [0.15, 0.2) is 0 Å². The van der Waals surface area contributed by atoms with E-state index < -0.39 is 7.60 Å². The lowest BCUT2D eigenvalue weighted by atomic mass is 10.2. The summed E-state index contributed by atoms with van der Waals surface area (Å²) in [5, 5.41) is 2.68. The summed E-state index contributed by atoms with van der Waals surface area (Å²) in [7, 11) is -1.98. The first-order valence-corrected chi connectivity index (χ1v) is 8.34.